The maximum Gasteiger partial charge on any atom is 0.408 e. The van der Waals surface area contributed by atoms with E-state index in [2.05, 4.69) is 20.8 Å². The number of ether oxygens (including phenoxy) is 1. The highest BCUT2D eigenvalue weighted by atomic mass is 32.2. The first-order valence-corrected chi connectivity index (χ1v) is 13.5. The Morgan fingerprint density at radius 2 is 1.62 bits per heavy atom. The quantitative estimate of drug-likeness (QED) is 0.260. The molecule has 204 valence electrons. The van der Waals surface area contributed by atoms with Crippen molar-refractivity contribution in [2.45, 2.75) is 64.4 Å². The fourth-order valence-corrected chi connectivity index (χ4v) is 4.28. The Hall–Kier alpha value is -2.92. The number of nitrogens with zero attached hydrogens (tertiary/aromatic N) is 3. The fourth-order valence-electron chi connectivity index (χ4n) is 3.42. The number of carbonyl (C=O) groups excluding carboxylic acids is 3. The number of hydrogen-bond acceptors (Lipinski definition) is 9. The van der Waals surface area contributed by atoms with Crippen molar-refractivity contribution in [3.63, 3.8) is 0 Å². The molecule has 2 amide bonds. The molecule has 0 bridgehead atoms. The Morgan fingerprint density at radius 3 is 2.24 bits per heavy atom. The molecule has 0 aliphatic heterocycles. The van der Waals surface area contributed by atoms with Crippen molar-refractivity contribution in [1.29, 1.82) is 0 Å². The summed E-state index contributed by atoms with van der Waals surface area (Å²) in [6.07, 6.45) is 0.0537. The zero-order valence-corrected chi connectivity index (χ0v) is 23.3. The number of benzene rings is 1. The summed E-state index contributed by atoms with van der Waals surface area (Å²) in [6, 6.07) is 7.53. The SMILES string of the molecule is CC(C)CC(NC(=O)[C@H](CC(C)C)NC(=O)OCc1ccccc1)C(=O)c1nnc(SCCN(C)C)o1. The van der Waals surface area contributed by atoms with Gasteiger partial charge in [0.2, 0.25) is 11.7 Å². The number of nitrogens with one attached hydrogen (secondary N) is 2. The second kappa shape index (κ2) is 15.4. The molecule has 11 heteroatoms. The van der Waals surface area contributed by atoms with Gasteiger partial charge in [0.15, 0.2) is 0 Å². The molecule has 1 unspecified atom stereocenters. The van der Waals surface area contributed by atoms with Crippen LogP contribution in [0.15, 0.2) is 40.0 Å². The maximum absolute atomic E-state index is 13.2. The molecule has 2 aromatic rings. The summed E-state index contributed by atoms with van der Waals surface area (Å²) in [5.41, 5.74) is 0.837. The van der Waals surface area contributed by atoms with Crippen molar-refractivity contribution in [2.24, 2.45) is 11.8 Å². The number of alkyl carbamates (subject to hydrolysis) is 1. The third-order valence-corrected chi connectivity index (χ3v) is 6.05. The number of hydrogen-bond donors (Lipinski definition) is 2. The second-order valence-electron chi connectivity index (χ2n) is 9.97. The molecule has 2 rings (SSSR count). The number of thioether (sulfide) groups is 1. The van der Waals surface area contributed by atoms with Crippen molar-refractivity contribution in [3.8, 4) is 0 Å². The zero-order valence-electron chi connectivity index (χ0n) is 22.5. The Balaban J connectivity index is 2.05. The van der Waals surface area contributed by atoms with Gasteiger partial charge in [0, 0.05) is 12.3 Å². The highest BCUT2D eigenvalue weighted by Crippen LogP contribution is 2.18. The average molecular weight is 534 g/mol. The van der Waals surface area contributed by atoms with Crippen LogP contribution in [-0.2, 0) is 16.1 Å². The van der Waals surface area contributed by atoms with Gasteiger partial charge in [0.1, 0.15) is 12.6 Å². The van der Waals surface area contributed by atoms with Crippen LogP contribution in [-0.4, -0.2) is 71.4 Å². The standard InChI is InChI=1S/C26H39N5O5S/c1-17(2)14-20(22(32)24-29-30-26(36-24)37-13-12-31(5)6)27-23(33)21(15-18(3)4)28-25(34)35-16-19-10-8-7-9-11-19/h7-11,17-18,20-21H,12-16H2,1-6H3,(H,27,33)(H,28,34)/t20?,21-/m0/s1. The van der Waals surface area contributed by atoms with Gasteiger partial charge in [-0.15, -0.1) is 10.2 Å². The Morgan fingerprint density at radius 1 is 0.973 bits per heavy atom. The fraction of sp³-hybridized carbons (Fsp3) is 0.577. The van der Waals surface area contributed by atoms with E-state index in [1.54, 1.807) is 0 Å². The van der Waals surface area contributed by atoms with Crippen LogP contribution in [0.5, 0.6) is 0 Å². The summed E-state index contributed by atoms with van der Waals surface area (Å²) in [7, 11) is 3.93. The second-order valence-corrected chi connectivity index (χ2v) is 11.0. The van der Waals surface area contributed by atoms with Gasteiger partial charge in [0.25, 0.3) is 11.1 Å². The molecule has 2 N–H and O–H groups in total. The van der Waals surface area contributed by atoms with Gasteiger partial charge >= 0.3 is 6.09 Å². The summed E-state index contributed by atoms with van der Waals surface area (Å²) in [5.74, 6) is -0.110. The first-order valence-electron chi connectivity index (χ1n) is 12.5. The van der Waals surface area contributed by atoms with Crippen molar-refractivity contribution in [2.75, 3.05) is 26.4 Å². The van der Waals surface area contributed by atoms with E-state index in [0.29, 0.717) is 18.1 Å². The first kappa shape index (κ1) is 30.3. The van der Waals surface area contributed by atoms with Gasteiger partial charge in [-0.05, 0) is 44.3 Å². The van der Waals surface area contributed by atoms with Crippen LogP contribution in [0.2, 0.25) is 0 Å². The molecule has 0 aliphatic rings. The lowest BCUT2D eigenvalue weighted by molar-refractivity contribution is -0.124. The first-order chi connectivity index (χ1) is 17.5. The van der Waals surface area contributed by atoms with Crippen molar-refractivity contribution in [1.82, 2.24) is 25.7 Å². The number of Topliss-reactive ketones (excluding diaryl/α,β-unsaturated/α-hetero) is 1. The Bertz CT molecular complexity index is 996. The minimum Gasteiger partial charge on any atom is -0.445 e. The third-order valence-electron chi connectivity index (χ3n) is 5.25. The minimum absolute atomic E-state index is 0.0865. The summed E-state index contributed by atoms with van der Waals surface area (Å²) >= 11 is 1.37. The van der Waals surface area contributed by atoms with Crippen molar-refractivity contribution < 1.29 is 23.5 Å². The predicted molar refractivity (Wildman–Crippen MR) is 142 cm³/mol. The summed E-state index contributed by atoms with van der Waals surface area (Å²) < 4.78 is 10.9. The van der Waals surface area contributed by atoms with Crippen LogP contribution in [0, 0.1) is 11.8 Å². The van der Waals surface area contributed by atoms with Gasteiger partial charge in [-0.3, -0.25) is 9.59 Å². The van der Waals surface area contributed by atoms with Gasteiger partial charge in [0.05, 0.1) is 6.04 Å². The van der Waals surface area contributed by atoms with Crippen LogP contribution in [0.3, 0.4) is 0 Å². The van der Waals surface area contributed by atoms with Crippen LogP contribution in [0.4, 0.5) is 4.79 Å². The molecule has 0 saturated heterocycles. The number of amides is 2. The summed E-state index contributed by atoms with van der Waals surface area (Å²) in [4.78, 5) is 40.9. The van der Waals surface area contributed by atoms with Crippen LogP contribution in [0.1, 0.15) is 56.8 Å². The summed E-state index contributed by atoms with van der Waals surface area (Å²) in [6.45, 7) is 8.70. The molecule has 0 aliphatic carbocycles. The molecule has 2 atom stereocenters. The van der Waals surface area contributed by atoms with Gasteiger partial charge in [-0.25, -0.2) is 4.79 Å². The predicted octanol–water partition coefficient (Wildman–Crippen LogP) is 3.78. The Labute approximate surface area is 223 Å². The van der Waals surface area contributed by atoms with Crippen molar-refractivity contribution >= 4 is 29.5 Å². The number of carbonyl (C=O) groups is 3. The monoisotopic (exact) mass is 533 g/mol. The van der Waals surface area contributed by atoms with Gasteiger partial charge in [-0.2, -0.15) is 0 Å². The number of rotatable bonds is 15. The van der Waals surface area contributed by atoms with Crippen LogP contribution in [0.25, 0.3) is 0 Å². The van der Waals surface area contributed by atoms with Crippen molar-refractivity contribution in [3.05, 3.63) is 41.8 Å². The van der Waals surface area contributed by atoms with E-state index in [-0.39, 0.29) is 24.3 Å². The molecule has 37 heavy (non-hydrogen) atoms. The average Bonchev–Trinajstić information content (AvgIpc) is 3.30. The zero-order chi connectivity index (χ0) is 27.4. The van der Waals surface area contributed by atoms with E-state index in [4.69, 9.17) is 9.15 Å². The number of ketones is 1. The maximum atomic E-state index is 13.2. The van der Waals surface area contributed by atoms with E-state index in [9.17, 15) is 14.4 Å². The van der Waals surface area contributed by atoms with E-state index < -0.39 is 29.9 Å². The van der Waals surface area contributed by atoms with Crippen LogP contribution < -0.4 is 10.6 Å². The lowest BCUT2D eigenvalue weighted by atomic mass is 9.98. The molecule has 1 aromatic heterocycles. The van der Waals surface area contributed by atoms with Gasteiger partial charge < -0.3 is 24.7 Å². The molecular weight excluding hydrogens is 494 g/mol. The lowest BCUT2D eigenvalue weighted by Gasteiger charge is -2.24. The molecular formula is C26H39N5O5S. The van der Waals surface area contributed by atoms with E-state index >= 15 is 0 Å². The third kappa shape index (κ3) is 11.3. The molecule has 0 saturated carbocycles. The minimum atomic E-state index is -0.871. The largest absolute Gasteiger partial charge is 0.445 e. The Kier molecular flexibility index (Phi) is 12.6. The topological polar surface area (TPSA) is 127 Å². The van der Waals surface area contributed by atoms with Crippen LogP contribution >= 0.6 is 11.8 Å². The molecule has 0 radical (unpaired) electrons. The lowest BCUT2D eigenvalue weighted by Crippen LogP contribution is -2.52. The molecule has 0 fully saturated rings. The van der Waals surface area contributed by atoms with E-state index in [0.717, 1.165) is 17.9 Å². The molecule has 10 nitrogen and oxygen atoms in total. The van der Waals surface area contributed by atoms with Gasteiger partial charge in [-0.1, -0.05) is 69.8 Å². The number of aromatic nitrogens is 2. The smallest absolute Gasteiger partial charge is 0.408 e. The van der Waals surface area contributed by atoms with E-state index in [1.807, 2.05) is 77.0 Å². The summed E-state index contributed by atoms with van der Waals surface area (Å²) in [5, 5.41) is 13.6. The van der Waals surface area contributed by atoms with E-state index in [1.165, 1.54) is 11.8 Å². The molecule has 1 aromatic carbocycles. The molecule has 1 heterocycles. The highest BCUT2D eigenvalue weighted by molar-refractivity contribution is 7.99. The normalized spacial score (nSPS) is 13.0. The molecule has 0 spiro atoms. The highest BCUT2D eigenvalue weighted by Gasteiger charge is 2.31.